The summed E-state index contributed by atoms with van der Waals surface area (Å²) in [6.07, 6.45) is 9.74. The molecule has 3 rings (SSSR count). The molecule has 0 saturated carbocycles. The first-order chi connectivity index (χ1) is 11.3. The average molecular weight is 337 g/mol. The van der Waals surface area contributed by atoms with Crippen LogP contribution in [0.5, 0.6) is 0 Å². The summed E-state index contributed by atoms with van der Waals surface area (Å²) in [5, 5.41) is 0. The average Bonchev–Trinajstić information content (AvgIpc) is 3.21. The van der Waals surface area contributed by atoms with Crippen LogP contribution in [0.25, 0.3) is 0 Å². The van der Waals surface area contributed by atoms with Crippen LogP contribution >= 0.6 is 11.3 Å². The third-order valence-electron chi connectivity index (χ3n) is 5.06. The molecule has 0 aromatic carbocycles. The SMILES string of the molecule is CN(CCC[C@@H]1CCCO1)Cc1ccc(CN2CCCCC2)s1. The Morgan fingerprint density at radius 1 is 1.17 bits per heavy atom. The quantitative estimate of drug-likeness (QED) is 0.710. The molecule has 1 aromatic heterocycles. The third kappa shape index (κ3) is 5.86. The largest absolute Gasteiger partial charge is 0.378 e. The van der Waals surface area contributed by atoms with Gasteiger partial charge in [0.1, 0.15) is 0 Å². The Bertz CT molecular complexity index is 450. The topological polar surface area (TPSA) is 15.7 Å². The number of rotatable bonds is 8. The molecule has 0 N–H and O–H groups in total. The first kappa shape index (κ1) is 17.4. The molecule has 0 aliphatic carbocycles. The molecular weight excluding hydrogens is 304 g/mol. The summed E-state index contributed by atoms with van der Waals surface area (Å²) in [4.78, 5) is 8.13. The molecule has 130 valence electrons. The van der Waals surface area contributed by atoms with Crippen molar-refractivity contribution in [3.05, 3.63) is 21.9 Å². The molecule has 0 bridgehead atoms. The van der Waals surface area contributed by atoms with Crippen LogP contribution in [0.15, 0.2) is 12.1 Å². The predicted octanol–water partition coefficient (Wildman–Crippen LogP) is 4.13. The van der Waals surface area contributed by atoms with Crippen molar-refractivity contribution in [2.45, 2.75) is 64.1 Å². The Morgan fingerprint density at radius 3 is 2.78 bits per heavy atom. The smallest absolute Gasteiger partial charge is 0.0576 e. The van der Waals surface area contributed by atoms with Crippen molar-refractivity contribution in [2.75, 3.05) is 33.3 Å². The van der Waals surface area contributed by atoms with E-state index in [2.05, 4.69) is 29.0 Å². The van der Waals surface area contributed by atoms with Crippen LogP contribution in [0.2, 0.25) is 0 Å². The summed E-state index contributed by atoms with van der Waals surface area (Å²) in [5.74, 6) is 0. The third-order valence-corrected chi connectivity index (χ3v) is 6.12. The number of hydrogen-bond acceptors (Lipinski definition) is 4. The lowest BCUT2D eigenvalue weighted by Gasteiger charge is -2.25. The maximum absolute atomic E-state index is 5.71. The van der Waals surface area contributed by atoms with Crippen molar-refractivity contribution in [1.82, 2.24) is 9.80 Å². The van der Waals surface area contributed by atoms with Crippen molar-refractivity contribution in [2.24, 2.45) is 0 Å². The minimum Gasteiger partial charge on any atom is -0.378 e. The molecule has 0 radical (unpaired) electrons. The fraction of sp³-hybridized carbons (Fsp3) is 0.789. The van der Waals surface area contributed by atoms with E-state index < -0.39 is 0 Å². The first-order valence-corrected chi connectivity index (χ1v) is 10.2. The zero-order valence-electron chi connectivity index (χ0n) is 14.6. The fourth-order valence-electron chi connectivity index (χ4n) is 3.74. The molecule has 23 heavy (non-hydrogen) atoms. The number of thiophene rings is 1. The van der Waals surface area contributed by atoms with E-state index in [1.165, 1.54) is 74.3 Å². The van der Waals surface area contributed by atoms with E-state index in [0.717, 1.165) is 19.7 Å². The van der Waals surface area contributed by atoms with Gasteiger partial charge in [0, 0.05) is 29.5 Å². The number of likely N-dealkylation sites (tertiary alicyclic amines) is 1. The van der Waals surface area contributed by atoms with Crippen LogP contribution in [-0.4, -0.2) is 49.2 Å². The second-order valence-corrected chi connectivity index (χ2v) is 8.47. The lowest BCUT2D eigenvalue weighted by Crippen LogP contribution is -2.28. The maximum atomic E-state index is 5.71. The first-order valence-electron chi connectivity index (χ1n) is 9.40. The van der Waals surface area contributed by atoms with Crippen LogP contribution in [0, 0.1) is 0 Å². The summed E-state index contributed by atoms with van der Waals surface area (Å²) in [5.41, 5.74) is 0. The minimum atomic E-state index is 0.543. The van der Waals surface area contributed by atoms with Crippen molar-refractivity contribution in [3.63, 3.8) is 0 Å². The van der Waals surface area contributed by atoms with E-state index >= 15 is 0 Å². The van der Waals surface area contributed by atoms with E-state index in [9.17, 15) is 0 Å². The van der Waals surface area contributed by atoms with E-state index in [-0.39, 0.29) is 0 Å². The highest BCUT2D eigenvalue weighted by Crippen LogP contribution is 2.22. The Morgan fingerprint density at radius 2 is 2.00 bits per heavy atom. The summed E-state index contributed by atoms with van der Waals surface area (Å²) >= 11 is 2.01. The number of hydrogen-bond donors (Lipinski definition) is 0. The van der Waals surface area contributed by atoms with Crippen molar-refractivity contribution < 1.29 is 4.74 Å². The molecule has 1 aromatic rings. The van der Waals surface area contributed by atoms with E-state index in [1.807, 2.05) is 11.3 Å². The highest BCUT2D eigenvalue weighted by atomic mass is 32.1. The van der Waals surface area contributed by atoms with Gasteiger partial charge in [-0.15, -0.1) is 11.3 Å². The van der Waals surface area contributed by atoms with Gasteiger partial charge in [0.05, 0.1) is 6.10 Å². The van der Waals surface area contributed by atoms with Crippen LogP contribution in [0.3, 0.4) is 0 Å². The highest BCUT2D eigenvalue weighted by molar-refractivity contribution is 7.11. The zero-order chi connectivity index (χ0) is 15.9. The fourth-order valence-corrected chi connectivity index (χ4v) is 4.88. The standard InChI is InChI=1S/C19H32N2OS/c1-20(11-5-7-17-8-6-14-22-17)15-18-9-10-19(23-18)16-21-12-3-2-4-13-21/h9-10,17H,2-8,11-16H2,1H3/t17-/m1/s1. The number of nitrogens with zero attached hydrogens (tertiary/aromatic N) is 2. The molecule has 0 unspecified atom stereocenters. The van der Waals surface area contributed by atoms with Gasteiger partial charge in [-0.25, -0.2) is 0 Å². The van der Waals surface area contributed by atoms with E-state index in [0.29, 0.717) is 6.10 Å². The van der Waals surface area contributed by atoms with Crippen molar-refractivity contribution in [1.29, 1.82) is 0 Å². The molecule has 0 amide bonds. The van der Waals surface area contributed by atoms with Gasteiger partial charge in [-0.3, -0.25) is 4.90 Å². The predicted molar refractivity (Wildman–Crippen MR) is 98.0 cm³/mol. The molecule has 3 nitrogen and oxygen atoms in total. The summed E-state index contributed by atoms with van der Waals surface area (Å²) < 4.78 is 5.71. The Labute approximate surface area is 145 Å². The van der Waals surface area contributed by atoms with Crippen LogP contribution in [0.1, 0.15) is 54.7 Å². The monoisotopic (exact) mass is 336 g/mol. The molecule has 3 heterocycles. The zero-order valence-corrected chi connectivity index (χ0v) is 15.5. The van der Waals surface area contributed by atoms with Gasteiger partial charge >= 0.3 is 0 Å². The molecule has 2 fully saturated rings. The minimum absolute atomic E-state index is 0.543. The van der Waals surface area contributed by atoms with Gasteiger partial charge in [0.2, 0.25) is 0 Å². The molecule has 2 aliphatic heterocycles. The molecule has 2 aliphatic rings. The van der Waals surface area contributed by atoms with Gasteiger partial charge in [0.15, 0.2) is 0 Å². The van der Waals surface area contributed by atoms with Gasteiger partial charge in [-0.05, 0) is 77.3 Å². The highest BCUT2D eigenvalue weighted by Gasteiger charge is 2.15. The van der Waals surface area contributed by atoms with Crippen LogP contribution in [-0.2, 0) is 17.8 Å². The lowest BCUT2D eigenvalue weighted by molar-refractivity contribution is 0.0995. The summed E-state index contributed by atoms with van der Waals surface area (Å²) in [6.45, 7) is 6.99. The number of ether oxygens (including phenoxy) is 1. The molecule has 0 spiro atoms. The van der Waals surface area contributed by atoms with Crippen molar-refractivity contribution in [3.8, 4) is 0 Å². The van der Waals surface area contributed by atoms with Crippen molar-refractivity contribution >= 4 is 11.3 Å². The lowest BCUT2D eigenvalue weighted by atomic mass is 10.1. The summed E-state index contributed by atoms with van der Waals surface area (Å²) in [6, 6.07) is 4.68. The molecule has 4 heteroatoms. The van der Waals surface area contributed by atoms with Crippen LogP contribution < -0.4 is 0 Å². The normalized spacial score (nSPS) is 23.0. The summed E-state index contributed by atoms with van der Waals surface area (Å²) in [7, 11) is 2.25. The van der Waals surface area contributed by atoms with Crippen LogP contribution in [0.4, 0.5) is 0 Å². The van der Waals surface area contributed by atoms with Gasteiger partial charge < -0.3 is 9.64 Å². The molecule has 1 atom stereocenters. The number of piperidine rings is 1. The Balaban J connectivity index is 1.35. The van der Waals surface area contributed by atoms with Gasteiger partial charge in [-0.2, -0.15) is 0 Å². The second kappa shape index (κ2) is 9.16. The van der Waals surface area contributed by atoms with Gasteiger partial charge in [0.25, 0.3) is 0 Å². The molecular formula is C19H32N2OS. The molecule has 2 saturated heterocycles. The second-order valence-electron chi connectivity index (χ2n) is 7.22. The van der Waals surface area contributed by atoms with E-state index in [1.54, 1.807) is 0 Å². The maximum Gasteiger partial charge on any atom is 0.0576 e. The Kier molecular flexibility index (Phi) is 6.94. The van der Waals surface area contributed by atoms with E-state index in [4.69, 9.17) is 4.74 Å². The Hall–Kier alpha value is -0.420. The van der Waals surface area contributed by atoms with Gasteiger partial charge in [-0.1, -0.05) is 6.42 Å².